The Balaban J connectivity index is 2.81. The SMILES string of the molecule is CC(C)(C)C(CC(=O)O)NC(=O)Nc1c(Cl)cccc1Cl. The minimum atomic E-state index is -0.981. The average Bonchev–Trinajstić information content (AvgIpc) is 2.31. The van der Waals surface area contributed by atoms with Crippen LogP contribution in [0.3, 0.4) is 0 Å². The van der Waals surface area contributed by atoms with Crippen molar-refractivity contribution < 1.29 is 14.7 Å². The van der Waals surface area contributed by atoms with Crippen LogP contribution < -0.4 is 10.6 Å². The number of halogens is 2. The zero-order chi connectivity index (χ0) is 16.2. The zero-order valence-electron chi connectivity index (χ0n) is 12.0. The van der Waals surface area contributed by atoms with Crippen molar-refractivity contribution >= 4 is 40.9 Å². The molecule has 0 radical (unpaired) electrons. The molecule has 0 aromatic heterocycles. The van der Waals surface area contributed by atoms with E-state index in [-0.39, 0.29) is 6.42 Å². The van der Waals surface area contributed by atoms with Crippen LogP contribution in [0.4, 0.5) is 10.5 Å². The molecule has 1 aromatic carbocycles. The number of carboxylic acid groups (broad SMARTS) is 1. The minimum absolute atomic E-state index is 0.173. The van der Waals surface area contributed by atoms with Crippen molar-refractivity contribution in [2.24, 2.45) is 5.41 Å². The Labute approximate surface area is 133 Å². The zero-order valence-corrected chi connectivity index (χ0v) is 13.5. The molecule has 0 aliphatic heterocycles. The third kappa shape index (κ3) is 5.44. The second-order valence-electron chi connectivity index (χ2n) is 5.71. The quantitative estimate of drug-likeness (QED) is 0.779. The maximum atomic E-state index is 12.0. The summed E-state index contributed by atoms with van der Waals surface area (Å²) in [5.74, 6) is -0.981. The van der Waals surface area contributed by atoms with Crippen LogP contribution in [0, 0.1) is 5.41 Å². The van der Waals surface area contributed by atoms with Crippen molar-refractivity contribution in [2.45, 2.75) is 33.2 Å². The monoisotopic (exact) mass is 332 g/mol. The van der Waals surface area contributed by atoms with Gasteiger partial charge in [0.25, 0.3) is 0 Å². The molecule has 2 amide bonds. The Morgan fingerprint density at radius 3 is 2.19 bits per heavy atom. The number of carboxylic acids is 1. The number of aliphatic carboxylic acids is 1. The number of nitrogens with one attached hydrogen (secondary N) is 2. The number of urea groups is 1. The van der Waals surface area contributed by atoms with Crippen LogP contribution in [-0.2, 0) is 4.79 Å². The van der Waals surface area contributed by atoms with Gasteiger partial charge in [0.1, 0.15) is 0 Å². The number of amides is 2. The van der Waals surface area contributed by atoms with Crippen LogP contribution in [0.1, 0.15) is 27.2 Å². The first kappa shape index (κ1) is 17.6. The van der Waals surface area contributed by atoms with E-state index in [9.17, 15) is 9.59 Å². The van der Waals surface area contributed by atoms with Crippen molar-refractivity contribution in [3.8, 4) is 0 Å². The fourth-order valence-electron chi connectivity index (χ4n) is 1.67. The number of para-hydroxylation sites is 1. The largest absolute Gasteiger partial charge is 0.481 e. The summed E-state index contributed by atoms with van der Waals surface area (Å²) in [7, 11) is 0. The fraction of sp³-hybridized carbons (Fsp3) is 0.429. The summed E-state index contributed by atoms with van der Waals surface area (Å²) in [6.45, 7) is 5.55. The average molecular weight is 333 g/mol. The molecule has 5 nitrogen and oxygen atoms in total. The summed E-state index contributed by atoms with van der Waals surface area (Å²) in [6.07, 6.45) is -0.173. The first-order valence-electron chi connectivity index (χ1n) is 6.34. The number of rotatable bonds is 4. The van der Waals surface area contributed by atoms with Crippen molar-refractivity contribution in [2.75, 3.05) is 5.32 Å². The van der Waals surface area contributed by atoms with Gasteiger partial charge < -0.3 is 15.7 Å². The molecule has 7 heteroatoms. The van der Waals surface area contributed by atoms with Gasteiger partial charge in [-0.25, -0.2) is 4.79 Å². The fourth-order valence-corrected chi connectivity index (χ4v) is 2.17. The minimum Gasteiger partial charge on any atom is -0.481 e. The molecule has 0 aliphatic carbocycles. The number of hydrogen-bond donors (Lipinski definition) is 3. The number of carbonyl (C=O) groups is 2. The molecule has 1 atom stereocenters. The third-order valence-electron chi connectivity index (χ3n) is 2.93. The number of anilines is 1. The van der Waals surface area contributed by atoms with E-state index < -0.39 is 23.5 Å². The number of carbonyl (C=O) groups excluding carboxylic acids is 1. The summed E-state index contributed by atoms with van der Waals surface area (Å²) in [5.41, 5.74) is -0.110. The summed E-state index contributed by atoms with van der Waals surface area (Å²) in [5, 5.41) is 14.7. The Morgan fingerprint density at radius 2 is 1.76 bits per heavy atom. The molecule has 21 heavy (non-hydrogen) atoms. The molecule has 1 unspecified atom stereocenters. The van der Waals surface area contributed by atoms with E-state index in [4.69, 9.17) is 28.3 Å². The summed E-state index contributed by atoms with van der Waals surface area (Å²) in [6, 6.07) is 3.78. The molecule has 0 spiro atoms. The summed E-state index contributed by atoms with van der Waals surface area (Å²) >= 11 is 11.9. The molecule has 0 bridgehead atoms. The van der Waals surface area contributed by atoms with Crippen LogP contribution in [-0.4, -0.2) is 23.1 Å². The van der Waals surface area contributed by atoms with Gasteiger partial charge in [-0.3, -0.25) is 4.79 Å². The lowest BCUT2D eigenvalue weighted by atomic mass is 9.85. The highest BCUT2D eigenvalue weighted by molar-refractivity contribution is 6.39. The lowest BCUT2D eigenvalue weighted by Crippen LogP contribution is -2.46. The van der Waals surface area contributed by atoms with Crippen LogP contribution >= 0.6 is 23.2 Å². The molecule has 1 aromatic rings. The van der Waals surface area contributed by atoms with E-state index in [1.807, 2.05) is 20.8 Å². The van der Waals surface area contributed by atoms with E-state index in [1.54, 1.807) is 18.2 Å². The van der Waals surface area contributed by atoms with Crippen molar-refractivity contribution in [3.05, 3.63) is 28.2 Å². The van der Waals surface area contributed by atoms with Gasteiger partial charge in [0.15, 0.2) is 0 Å². The van der Waals surface area contributed by atoms with E-state index in [0.717, 1.165) is 0 Å². The van der Waals surface area contributed by atoms with E-state index in [2.05, 4.69) is 10.6 Å². The van der Waals surface area contributed by atoms with Gasteiger partial charge in [-0.05, 0) is 17.5 Å². The highest BCUT2D eigenvalue weighted by Crippen LogP contribution is 2.30. The van der Waals surface area contributed by atoms with E-state index in [0.29, 0.717) is 15.7 Å². The third-order valence-corrected chi connectivity index (χ3v) is 3.56. The highest BCUT2D eigenvalue weighted by atomic mass is 35.5. The van der Waals surface area contributed by atoms with Crippen LogP contribution in [0.25, 0.3) is 0 Å². The Kier molecular flexibility index (Phi) is 5.87. The molecule has 3 N–H and O–H groups in total. The van der Waals surface area contributed by atoms with Crippen molar-refractivity contribution in [1.29, 1.82) is 0 Å². The van der Waals surface area contributed by atoms with Crippen LogP contribution in [0.5, 0.6) is 0 Å². The first-order valence-corrected chi connectivity index (χ1v) is 7.10. The smallest absolute Gasteiger partial charge is 0.319 e. The molecular weight excluding hydrogens is 315 g/mol. The second kappa shape index (κ2) is 7.00. The van der Waals surface area contributed by atoms with Gasteiger partial charge in [0.2, 0.25) is 0 Å². The lowest BCUT2D eigenvalue weighted by Gasteiger charge is -2.30. The molecular formula is C14H18Cl2N2O3. The second-order valence-corrected chi connectivity index (χ2v) is 6.53. The Morgan fingerprint density at radius 1 is 1.24 bits per heavy atom. The Hall–Kier alpha value is -1.46. The van der Waals surface area contributed by atoms with E-state index >= 15 is 0 Å². The predicted octanol–water partition coefficient (Wildman–Crippen LogP) is 4.00. The van der Waals surface area contributed by atoms with Crippen molar-refractivity contribution in [3.63, 3.8) is 0 Å². The maximum Gasteiger partial charge on any atom is 0.319 e. The molecule has 0 saturated heterocycles. The van der Waals surface area contributed by atoms with Gasteiger partial charge in [-0.2, -0.15) is 0 Å². The van der Waals surface area contributed by atoms with Crippen molar-refractivity contribution in [1.82, 2.24) is 5.32 Å². The first-order chi connectivity index (χ1) is 9.61. The van der Waals surface area contributed by atoms with Gasteiger partial charge in [-0.15, -0.1) is 0 Å². The molecule has 0 heterocycles. The van der Waals surface area contributed by atoms with Gasteiger partial charge in [-0.1, -0.05) is 50.0 Å². The molecule has 1 rings (SSSR count). The lowest BCUT2D eigenvalue weighted by molar-refractivity contribution is -0.138. The molecule has 116 valence electrons. The summed E-state index contributed by atoms with van der Waals surface area (Å²) < 4.78 is 0. The van der Waals surface area contributed by atoms with Gasteiger partial charge in [0.05, 0.1) is 22.2 Å². The molecule has 0 saturated carbocycles. The van der Waals surface area contributed by atoms with Gasteiger partial charge >= 0.3 is 12.0 Å². The maximum absolute atomic E-state index is 12.0. The Bertz CT molecular complexity index is 521. The topological polar surface area (TPSA) is 78.4 Å². The van der Waals surface area contributed by atoms with Crippen LogP contribution in [0.15, 0.2) is 18.2 Å². The summed E-state index contributed by atoms with van der Waals surface area (Å²) in [4.78, 5) is 22.9. The van der Waals surface area contributed by atoms with Gasteiger partial charge in [0, 0.05) is 6.04 Å². The van der Waals surface area contributed by atoms with Crippen LogP contribution in [0.2, 0.25) is 10.0 Å². The number of benzene rings is 1. The highest BCUT2D eigenvalue weighted by Gasteiger charge is 2.28. The standard InChI is InChI=1S/C14H18Cl2N2O3/c1-14(2,3)10(7-11(19)20)17-13(21)18-12-8(15)5-4-6-9(12)16/h4-6,10H,7H2,1-3H3,(H,19,20)(H2,17,18,21). The molecule has 0 fully saturated rings. The molecule has 0 aliphatic rings. The number of hydrogen-bond acceptors (Lipinski definition) is 2. The normalized spacial score (nSPS) is 12.6. The predicted molar refractivity (Wildman–Crippen MR) is 84.1 cm³/mol. The van der Waals surface area contributed by atoms with E-state index in [1.165, 1.54) is 0 Å².